The van der Waals surface area contributed by atoms with E-state index in [9.17, 15) is 5.11 Å². The lowest BCUT2D eigenvalue weighted by Crippen LogP contribution is -1.90. The number of rotatable bonds is 3. The minimum absolute atomic E-state index is 0.0734. The number of nitrogens with two attached hydrogens (primary N) is 1. The van der Waals surface area contributed by atoms with Crippen LogP contribution in [0, 0.1) is 0 Å². The number of phenolic OH excluding ortho intramolecular Hbond substituents is 1. The molecule has 0 radical (unpaired) electrons. The lowest BCUT2D eigenvalue weighted by Gasteiger charge is -2.04. The number of phenols is 1. The summed E-state index contributed by atoms with van der Waals surface area (Å²) < 4.78 is 5.08. The van der Waals surface area contributed by atoms with E-state index in [2.05, 4.69) is 15.2 Å². The number of ether oxygens (including phenoxy) is 1. The number of hydrogen-bond acceptors (Lipinski definition) is 5. The third-order valence-corrected chi connectivity index (χ3v) is 3.14. The topological polar surface area (TPSA) is 97.0 Å². The predicted octanol–water partition coefficient (Wildman–Crippen LogP) is 2.44. The molecule has 0 aliphatic heterocycles. The van der Waals surface area contributed by atoms with E-state index in [1.54, 1.807) is 24.3 Å². The number of methoxy groups -OCH3 is 1. The second-order valence-corrected chi connectivity index (χ2v) is 4.48. The number of nitrogens with one attached hydrogen (secondary N) is 1. The second-order valence-electron chi connectivity index (χ2n) is 4.48. The van der Waals surface area contributed by atoms with Gasteiger partial charge in [0, 0.05) is 16.8 Å². The van der Waals surface area contributed by atoms with Gasteiger partial charge in [0.1, 0.15) is 0 Å². The number of hydrogen-bond donors (Lipinski definition) is 3. The summed E-state index contributed by atoms with van der Waals surface area (Å²) in [4.78, 5) is 4.43. The van der Waals surface area contributed by atoms with Crippen molar-refractivity contribution in [1.82, 2.24) is 15.2 Å². The maximum atomic E-state index is 9.61. The number of para-hydroxylation sites is 1. The third-order valence-electron chi connectivity index (χ3n) is 3.14. The first-order valence-corrected chi connectivity index (χ1v) is 6.33. The molecule has 0 atom stereocenters. The fourth-order valence-corrected chi connectivity index (χ4v) is 2.04. The average molecular weight is 282 g/mol. The van der Waals surface area contributed by atoms with Crippen LogP contribution >= 0.6 is 0 Å². The Morgan fingerprint density at radius 2 is 2.00 bits per heavy atom. The fourth-order valence-electron chi connectivity index (χ4n) is 2.04. The van der Waals surface area contributed by atoms with Gasteiger partial charge >= 0.3 is 0 Å². The van der Waals surface area contributed by atoms with Crippen LogP contribution in [-0.2, 0) is 0 Å². The zero-order valence-electron chi connectivity index (χ0n) is 11.4. The van der Waals surface area contributed by atoms with E-state index in [4.69, 9.17) is 10.5 Å². The molecule has 0 saturated carbocycles. The summed E-state index contributed by atoms with van der Waals surface area (Å²) in [5.41, 5.74) is 8.08. The van der Waals surface area contributed by atoms with Crippen molar-refractivity contribution in [1.29, 1.82) is 0 Å². The highest BCUT2D eigenvalue weighted by molar-refractivity contribution is 5.72. The van der Waals surface area contributed by atoms with Crippen LogP contribution in [0.5, 0.6) is 11.5 Å². The highest BCUT2D eigenvalue weighted by Crippen LogP contribution is 2.31. The standard InChI is InChI=1S/C15H14N4O2/c1-21-13-8-9(6-7-12(13)20)14-17-15(19-18-14)10-4-2-3-5-11(10)16/h2-8,20H,16H2,1H3,(H,17,18,19). The molecule has 3 aromatic rings. The van der Waals surface area contributed by atoms with Gasteiger partial charge in [0.2, 0.25) is 0 Å². The van der Waals surface area contributed by atoms with Gasteiger partial charge in [-0.05, 0) is 30.3 Å². The Morgan fingerprint density at radius 1 is 1.19 bits per heavy atom. The molecule has 0 fully saturated rings. The summed E-state index contributed by atoms with van der Waals surface area (Å²) in [6, 6.07) is 12.4. The second kappa shape index (κ2) is 5.16. The number of aromatic amines is 1. The number of anilines is 1. The Labute approximate surface area is 121 Å². The molecule has 1 heterocycles. The van der Waals surface area contributed by atoms with E-state index in [1.165, 1.54) is 7.11 Å². The van der Waals surface area contributed by atoms with Gasteiger partial charge in [0.25, 0.3) is 0 Å². The molecule has 0 aliphatic rings. The van der Waals surface area contributed by atoms with Gasteiger partial charge in [0.05, 0.1) is 7.11 Å². The lowest BCUT2D eigenvalue weighted by atomic mass is 10.1. The summed E-state index contributed by atoms with van der Waals surface area (Å²) in [5, 5.41) is 16.7. The Hall–Kier alpha value is -3.02. The molecule has 21 heavy (non-hydrogen) atoms. The van der Waals surface area contributed by atoms with Crippen LogP contribution in [0.25, 0.3) is 22.8 Å². The molecule has 0 bridgehead atoms. The number of nitrogen functional groups attached to an aromatic ring is 1. The average Bonchev–Trinajstić information content (AvgIpc) is 2.98. The van der Waals surface area contributed by atoms with Crippen molar-refractivity contribution in [3.05, 3.63) is 42.5 Å². The normalized spacial score (nSPS) is 10.5. The number of benzene rings is 2. The summed E-state index contributed by atoms with van der Waals surface area (Å²) >= 11 is 0. The van der Waals surface area contributed by atoms with Crippen LogP contribution in [0.3, 0.4) is 0 Å². The van der Waals surface area contributed by atoms with Crippen molar-refractivity contribution >= 4 is 5.69 Å². The molecule has 0 spiro atoms. The van der Waals surface area contributed by atoms with Crippen LogP contribution in [0.15, 0.2) is 42.5 Å². The van der Waals surface area contributed by atoms with Gasteiger partial charge < -0.3 is 15.6 Å². The monoisotopic (exact) mass is 282 g/mol. The molecule has 106 valence electrons. The zero-order valence-corrected chi connectivity index (χ0v) is 11.4. The number of H-pyrrole nitrogens is 1. The first kappa shape index (κ1) is 13.0. The SMILES string of the molecule is COc1cc(-c2n[nH]c(-c3ccccc3N)n2)ccc1O. The Morgan fingerprint density at radius 3 is 2.76 bits per heavy atom. The number of aromatic nitrogens is 3. The van der Waals surface area contributed by atoms with E-state index in [1.807, 2.05) is 18.2 Å². The summed E-state index contributed by atoms with van der Waals surface area (Å²) in [7, 11) is 1.49. The Kier molecular flexibility index (Phi) is 3.19. The molecular weight excluding hydrogens is 268 g/mol. The van der Waals surface area contributed by atoms with Gasteiger partial charge in [-0.15, -0.1) is 0 Å². The molecular formula is C15H14N4O2. The third kappa shape index (κ3) is 2.38. The minimum atomic E-state index is 0.0734. The Bertz CT molecular complexity index is 783. The maximum Gasteiger partial charge on any atom is 0.181 e. The van der Waals surface area contributed by atoms with Crippen molar-refractivity contribution < 1.29 is 9.84 Å². The molecule has 3 rings (SSSR count). The summed E-state index contributed by atoms with van der Waals surface area (Å²) in [6.45, 7) is 0. The van der Waals surface area contributed by atoms with Crippen molar-refractivity contribution in [2.45, 2.75) is 0 Å². The fraction of sp³-hybridized carbons (Fsp3) is 0.0667. The molecule has 1 aromatic heterocycles. The molecule has 0 saturated heterocycles. The summed E-state index contributed by atoms with van der Waals surface area (Å²) in [5.74, 6) is 1.55. The molecule has 6 nitrogen and oxygen atoms in total. The van der Waals surface area contributed by atoms with Gasteiger partial charge in [-0.2, -0.15) is 5.10 Å². The largest absolute Gasteiger partial charge is 0.504 e. The van der Waals surface area contributed by atoms with Gasteiger partial charge in [-0.25, -0.2) is 4.98 Å². The van der Waals surface area contributed by atoms with Gasteiger partial charge in [-0.1, -0.05) is 12.1 Å². The number of aromatic hydroxyl groups is 1. The molecule has 0 aliphatic carbocycles. The van der Waals surface area contributed by atoms with Crippen LogP contribution < -0.4 is 10.5 Å². The first-order chi connectivity index (χ1) is 10.2. The van der Waals surface area contributed by atoms with Crippen LogP contribution in [0.4, 0.5) is 5.69 Å². The van der Waals surface area contributed by atoms with Gasteiger partial charge in [-0.3, -0.25) is 5.10 Å². The maximum absolute atomic E-state index is 9.61. The van der Waals surface area contributed by atoms with E-state index in [0.29, 0.717) is 23.1 Å². The van der Waals surface area contributed by atoms with Crippen LogP contribution in [-0.4, -0.2) is 27.4 Å². The quantitative estimate of drug-likeness (QED) is 0.641. The molecule has 6 heteroatoms. The van der Waals surface area contributed by atoms with Crippen LogP contribution in [0.1, 0.15) is 0 Å². The van der Waals surface area contributed by atoms with Crippen molar-refractivity contribution in [2.24, 2.45) is 0 Å². The first-order valence-electron chi connectivity index (χ1n) is 6.33. The van der Waals surface area contributed by atoms with E-state index >= 15 is 0 Å². The van der Waals surface area contributed by atoms with Gasteiger partial charge in [0.15, 0.2) is 23.1 Å². The predicted molar refractivity (Wildman–Crippen MR) is 79.9 cm³/mol. The molecule has 0 amide bonds. The van der Waals surface area contributed by atoms with Crippen molar-refractivity contribution in [3.8, 4) is 34.3 Å². The highest BCUT2D eigenvalue weighted by Gasteiger charge is 2.11. The Balaban J connectivity index is 2.01. The van der Waals surface area contributed by atoms with E-state index < -0.39 is 0 Å². The zero-order chi connectivity index (χ0) is 14.8. The van der Waals surface area contributed by atoms with Crippen molar-refractivity contribution in [2.75, 3.05) is 12.8 Å². The van der Waals surface area contributed by atoms with Crippen molar-refractivity contribution in [3.63, 3.8) is 0 Å². The number of nitrogens with zero attached hydrogens (tertiary/aromatic N) is 2. The molecule has 0 unspecified atom stereocenters. The minimum Gasteiger partial charge on any atom is -0.504 e. The molecule has 2 aromatic carbocycles. The lowest BCUT2D eigenvalue weighted by molar-refractivity contribution is 0.373. The van der Waals surface area contributed by atoms with E-state index in [-0.39, 0.29) is 5.75 Å². The van der Waals surface area contributed by atoms with E-state index in [0.717, 1.165) is 11.1 Å². The highest BCUT2D eigenvalue weighted by atomic mass is 16.5. The summed E-state index contributed by atoms with van der Waals surface area (Å²) in [6.07, 6.45) is 0. The van der Waals surface area contributed by atoms with Crippen LogP contribution in [0.2, 0.25) is 0 Å². The molecule has 4 N–H and O–H groups in total. The smallest absolute Gasteiger partial charge is 0.181 e.